The van der Waals surface area contributed by atoms with Gasteiger partial charge in [0.15, 0.2) is 0 Å². The molecule has 18 heavy (non-hydrogen) atoms. The van der Waals surface area contributed by atoms with Crippen LogP contribution < -0.4 is 10.6 Å². The van der Waals surface area contributed by atoms with Gasteiger partial charge in [0, 0.05) is 12.6 Å². The molecule has 1 fully saturated rings. The number of carboxylic acids is 1. The second-order valence-electron chi connectivity index (χ2n) is 4.83. The van der Waals surface area contributed by atoms with Gasteiger partial charge in [-0.3, -0.25) is 0 Å². The molecule has 1 unspecified atom stereocenters. The number of carboxylic acid groups (broad SMARTS) is 1. The second kappa shape index (κ2) is 5.29. The Labute approximate surface area is 107 Å². The maximum atomic E-state index is 10.9. The third-order valence-electron chi connectivity index (χ3n) is 3.68. The summed E-state index contributed by atoms with van der Waals surface area (Å²) in [7, 11) is 0. The van der Waals surface area contributed by atoms with Gasteiger partial charge in [0.2, 0.25) is 0 Å². The largest absolute Gasteiger partial charge is 0.478 e. The average Bonchev–Trinajstić information content (AvgIpc) is 2.38. The average molecular weight is 248 g/mol. The van der Waals surface area contributed by atoms with E-state index in [2.05, 4.69) is 11.8 Å². The van der Waals surface area contributed by atoms with Gasteiger partial charge in [0.05, 0.1) is 16.9 Å². The third kappa shape index (κ3) is 2.42. The van der Waals surface area contributed by atoms with Crippen molar-refractivity contribution >= 4 is 17.3 Å². The van der Waals surface area contributed by atoms with Crippen LogP contribution in [0, 0.1) is 0 Å². The van der Waals surface area contributed by atoms with Gasteiger partial charge in [-0.25, -0.2) is 4.79 Å². The van der Waals surface area contributed by atoms with Gasteiger partial charge in [-0.1, -0.05) is 6.92 Å². The smallest absolute Gasteiger partial charge is 0.335 e. The van der Waals surface area contributed by atoms with Gasteiger partial charge in [-0.15, -0.1) is 0 Å². The van der Waals surface area contributed by atoms with Crippen molar-refractivity contribution in [3.8, 4) is 0 Å². The van der Waals surface area contributed by atoms with E-state index in [1.54, 1.807) is 12.1 Å². The third-order valence-corrected chi connectivity index (χ3v) is 3.68. The van der Waals surface area contributed by atoms with Crippen LogP contribution in [0.3, 0.4) is 0 Å². The van der Waals surface area contributed by atoms with E-state index in [1.807, 2.05) is 6.07 Å². The number of benzene rings is 1. The van der Waals surface area contributed by atoms with Crippen molar-refractivity contribution in [1.82, 2.24) is 0 Å². The SMILES string of the molecule is CCC1CCCCN1c1ccc(C(=O)O)cc1N. The molecule has 4 heteroatoms. The van der Waals surface area contributed by atoms with Crippen LogP contribution in [0.15, 0.2) is 18.2 Å². The summed E-state index contributed by atoms with van der Waals surface area (Å²) in [6.45, 7) is 3.19. The Kier molecular flexibility index (Phi) is 3.75. The van der Waals surface area contributed by atoms with Crippen LogP contribution in [0.25, 0.3) is 0 Å². The van der Waals surface area contributed by atoms with Crippen molar-refractivity contribution in [3.63, 3.8) is 0 Å². The number of anilines is 2. The maximum absolute atomic E-state index is 10.9. The van der Waals surface area contributed by atoms with E-state index in [0.29, 0.717) is 11.7 Å². The zero-order valence-corrected chi connectivity index (χ0v) is 10.7. The summed E-state index contributed by atoms with van der Waals surface area (Å²) in [5.74, 6) is -0.932. The zero-order valence-electron chi connectivity index (χ0n) is 10.7. The molecule has 0 aromatic heterocycles. The zero-order chi connectivity index (χ0) is 13.1. The molecule has 0 aliphatic carbocycles. The molecule has 1 saturated heterocycles. The summed E-state index contributed by atoms with van der Waals surface area (Å²) in [6, 6.07) is 5.55. The maximum Gasteiger partial charge on any atom is 0.335 e. The van der Waals surface area contributed by atoms with Crippen molar-refractivity contribution in [3.05, 3.63) is 23.8 Å². The minimum absolute atomic E-state index is 0.251. The van der Waals surface area contributed by atoms with Crippen molar-refractivity contribution in [1.29, 1.82) is 0 Å². The molecule has 0 saturated carbocycles. The number of hydrogen-bond acceptors (Lipinski definition) is 3. The van der Waals surface area contributed by atoms with Gasteiger partial charge >= 0.3 is 5.97 Å². The lowest BCUT2D eigenvalue weighted by molar-refractivity contribution is 0.0697. The molecule has 0 radical (unpaired) electrons. The predicted octanol–water partition coefficient (Wildman–Crippen LogP) is 2.74. The molecule has 1 aliphatic heterocycles. The molecule has 98 valence electrons. The molecule has 1 atom stereocenters. The summed E-state index contributed by atoms with van der Waals surface area (Å²) in [5, 5.41) is 8.94. The first-order valence-corrected chi connectivity index (χ1v) is 6.53. The Hall–Kier alpha value is -1.71. The lowest BCUT2D eigenvalue weighted by Crippen LogP contribution is -2.39. The van der Waals surface area contributed by atoms with Crippen molar-refractivity contribution in [2.75, 3.05) is 17.2 Å². The molecule has 0 amide bonds. The van der Waals surface area contributed by atoms with Crippen LogP contribution in [0.2, 0.25) is 0 Å². The molecular weight excluding hydrogens is 228 g/mol. The summed E-state index contributed by atoms with van der Waals surface area (Å²) in [4.78, 5) is 13.2. The number of aromatic carboxylic acids is 1. The van der Waals surface area contributed by atoms with Crippen molar-refractivity contribution < 1.29 is 9.90 Å². The van der Waals surface area contributed by atoms with Crippen LogP contribution >= 0.6 is 0 Å². The van der Waals surface area contributed by atoms with Gasteiger partial charge < -0.3 is 15.7 Å². The molecular formula is C14H20N2O2. The summed E-state index contributed by atoms with van der Waals surface area (Å²) in [5.41, 5.74) is 7.80. The quantitative estimate of drug-likeness (QED) is 0.807. The predicted molar refractivity (Wildman–Crippen MR) is 73.1 cm³/mol. The number of piperidine rings is 1. The Morgan fingerprint density at radius 3 is 2.89 bits per heavy atom. The summed E-state index contributed by atoms with van der Waals surface area (Å²) >= 11 is 0. The number of nitrogens with zero attached hydrogens (tertiary/aromatic N) is 1. The second-order valence-corrected chi connectivity index (χ2v) is 4.83. The number of hydrogen-bond donors (Lipinski definition) is 2. The van der Waals surface area contributed by atoms with E-state index in [0.717, 1.165) is 18.7 Å². The van der Waals surface area contributed by atoms with Crippen LogP contribution in [-0.4, -0.2) is 23.7 Å². The Balaban J connectivity index is 2.29. The fourth-order valence-electron chi connectivity index (χ4n) is 2.69. The van der Waals surface area contributed by atoms with E-state index in [-0.39, 0.29) is 5.56 Å². The van der Waals surface area contributed by atoms with Crippen LogP contribution in [0.4, 0.5) is 11.4 Å². The minimum atomic E-state index is -0.932. The lowest BCUT2D eigenvalue weighted by Gasteiger charge is -2.37. The highest BCUT2D eigenvalue weighted by Gasteiger charge is 2.22. The number of rotatable bonds is 3. The van der Waals surface area contributed by atoms with E-state index in [1.165, 1.54) is 19.3 Å². The molecule has 1 aromatic carbocycles. The number of nitrogen functional groups attached to an aromatic ring is 1. The Morgan fingerprint density at radius 1 is 1.50 bits per heavy atom. The molecule has 3 N–H and O–H groups in total. The lowest BCUT2D eigenvalue weighted by atomic mass is 9.98. The van der Waals surface area contributed by atoms with Crippen molar-refractivity contribution in [2.24, 2.45) is 0 Å². The Morgan fingerprint density at radius 2 is 2.28 bits per heavy atom. The highest BCUT2D eigenvalue weighted by molar-refractivity contribution is 5.90. The molecule has 0 bridgehead atoms. The first-order chi connectivity index (χ1) is 8.63. The standard InChI is InChI=1S/C14H20N2O2/c1-2-11-5-3-4-8-16(11)13-7-6-10(14(17)18)9-12(13)15/h6-7,9,11H,2-5,8,15H2,1H3,(H,17,18). The first-order valence-electron chi connectivity index (χ1n) is 6.53. The van der Waals surface area contributed by atoms with E-state index < -0.39 is 5.97 Å². The minimum Gasteiger partial charge on any atom is -0.478 e. The van der Waals surface area contributed by atoms with Gasteiger partial charge in [-0.05, 0) is 43.9 Å². The number of carbonyl (C=O) groups is 1. The van der Waals surface area contributed by atoms with Gasteiger partial charge in [-0.2, -0.15) is 0 Å². The van der Waals surface area contributed by atoms with Gasteiger partial charge in [0.25, 0.3) is 0 Å². The molecule has 1 aromatic rings. The van der Waals surface area contributed by atoms with Crippen LogP contribution in [0.1, 0.15) is 43.0 Å². The van der Waals surface area contributed by atoms with Crippen LogP contribution in [-0.2, 0) is 0 Å². The summed E-state index contributed by atoms with van der Waals surface area (Å²) in [6.07, 6.45) is 4.73. The molecule has 4 nitrogen and oxygen atoms in total. The highest BCUT2D eigenvalue weighted by Crippen LogP contribution is 2.31. The monoisotopic (exact) mass is 248 g/mol. The first kappa shape index (κ1) is 12.7. The van der Waals surface area contributed by atoms with E-state index in [9.17, 15) is 4.79 Å². The van der Waals surface area contributed by atoms with E-state index >= 15 is 0 Å². The molecule has 1 heterocycles. The van der Waals surface area contributed by atoms with Crippen molar-refractivity contribution in [2.45, 2.75) is 38.6 Å². The topological polar surface area (TPSA) is 66.6 Å². The molecule has 0 spiro atoms. The fourth-order valence-corrected chi connectivity index (χ4v) is 2.69. The number of nitrogens with two attached hydrogens (primary N) is 1. The van der Waals surface area contributed by atoms with Gasteiger partial charge in [0.1, 0.15) is 0 Å². The molecule has 2 rings (SSSR count). The highest BCUT2D eigenvalue weighted by atomic mass is 16.4. The Bertz CT molecular complexity index is 445. The van der Waals surface area contributed by atoms with Crippen LogP contribution in [0.5, 0.6) is 0 Å². The molecule has 1 aliphatic rings. The normalized spacial score (nSPS) is 19.8. The summed E-state index contributed by atoms with van der Waals surface area (Å²) < 4.78 is 0. The van der Waals surface area contributed by atoms with E-state index in [4.69, 9.17) is 10.8 Å². The fraction of sp³-hybridized carbons (Fsp3) is 0.500.